The quantitative estimate of drug-likeness (QED) is 0.838. The highest BCUT2D eigenvalue weighted by Gasteiger charge is 2.19. The lowest BCUT2D eigenvalue weighted by atomic mass is 9.86. The summed E-state index contributed by atoms with van der Waals surface area (Å²) in [6.07, 6.45) is -0.543. The monoisotopic (exact) mass is 339 g/mol. The van der Waals surface area contributed by atoms with Gasteiger partial charge in [0.1, 0.15) is 5.75 Å². The molecule has 0 heterocycles. The molecule has 0 spiro atoms. The summed E-state index contributed by atoms with van der Waals surface area (Å²) in [6, 6.07) is 16.1. The van der Waals surface area contributed by atoms with Gasteiger partial charge in [0.05, 0.1) is 6.04 Å². The van der Waals surface area contributed by atoms with Crippen LogP contribution in [0.3, 0.4) is 0 Å². The summed E-state index contributed by atoms with van der Waals surface area (Å²) >= 11 is 0. The fraction of sp³-hybridized carbons (Fsp3) is 0.409. The van der Waals surface area contributed by atoms with Gasteiger partial charge in [-0.1, -0.05) is 62.7 Å². The Morgan fingerprint density at radius 3 is 2.04 bits per heavy atom. The molecule has 0 radical (unpaired) electrons. The number of ether oxygens (including phenoxy) is 1. The lowest BCUT2D eigenvalue weighted by molar-refractivity contribution is -0.127. The molecule has 2 rings (SSSR count). The number of carbonyl (C=O) groups excluding carboxylic acids is 1. The van der Waals surface area contributed by atoms with Crippen LogP contribution in [-0.4, -0.2) is 12.0 Å². The van der Waals surface area contributed by atoms with Crippen LogP contribution in [-0.2, 0) is 10.2 Å². The minimum atomic E-state index is -0.543. The average Bonchev–Trinajstić information content (AvgIpc) is 2.56. The Bertz CT molecular complexity index is 696. The van der Waals surface area contributed by atoms with Crippen LogP contribution < -0.4 is 10.1 Å². The van der Waals surface area contributed by atoms with E-state index < -0.39 is 6.10 Å². The highest BCUT2D eigenvalue weighted by molar-refractivity contribution is 5.81. The maximum atomic E-state index is 12.4. The van der Waals surface area contributed by atoms with Gasteiger partial charge in [-0.05, 0) is 49.4 Å². The van der Waals surface area contributed by atoms with Crippen molar-refractivity contribution in [3.05, 3.63) is 65.2 Å². The van der Waals surface area contributed by atoms with Gasteiger partial charge in [-0.15, -0.1) is 0 Å². The lowest BCUT2D eigenvalue weighted by Crippen LogP contribution is -2.37. The number of rotatable bonds is 5. The lowest BCUT2D eigenvalue weighted by Gasteiger charge is -2.22. The van der Waals surface area contributed by atoms with Crippen molar-refractivity contribution in [3.63, 3.8) is 0 Å². The van der Waals surface area contributed by atoms with Crippen molar-refractivity contribution in [3.8, 4) is 5.75 Å². The van der Waals surface area contributed by atoms with E-state index in [0.717, 1.165) is 11.1 Å². The Labute approximate surface area is 151 Å². The van der Waals surface area contributed by atoms with Crippen LogP contribution in [0.1, 0.15) is 57.4 Å². The normalized spacial score (nSPS) is 13.8. The van der Waals surface area contributed by atoms with E-state index >= 15 is 0 Å². The van der Waals surface area contributed by atoms with E-state index in [1.54, 1.807) is 6.92 Å². The largest absolute Gasteiger partial charge is 0.481 e. The van der Waals surface area contributed by atoms with Gasteiger partial charge < -0.3 is 10.1 Å². The first-order valence-corrected chi connectivity index (χ1v) is 8.81. The second-order valence-electron chi connectivity index (χ2n) is 7.68. The zero-order valence-corrected chi connectivity index (χ0v) is 16.1. The zero-order chi connectivity index (χ0) is 18.6. The molecule has 0 bridgehead atoms. The molecule has 0 aliphatic rings. The highest BCUT2D eigenvalue weighted by atomic mass is 16.5. The summed E-state index contributed by atoms with van der Waals surface area (Å²) in [5, 5.41) is 3.02. The first-order chi connectivity index (χ1) is 11.7. The van der Waals surface area contributed by atoms with E-state index in [4.69, 9.17) is 4.74 Å². The molecule has 134 valence electrons. The Kier molecular flexibility index (Phi) is 5.89. The molecule has 1 amide bonds. The molecule has 0 saturated carbocycles. The molecule has 2 aromatic carbocycles. The molecule has 0 fully saturated rings. The van der Waals surface area contributed by atoms with Gasteiger partial charge in [-0.2, -0.15) is 0 Å². The van der Waals surface area contributed by atoms with E-state index in [1.807, 2.05) is 38.1 Å². The Morgan fingerprint density at radius 1 is 0.960 bits per heavy atom. The van der Waals surface area contributed by atoms with E-state index in [9.17, 15) is 4.79 Å². The Balaban J connectivity index is 1.95. The molecule has 2 aromatic rings. The molecule has 0 aliphatic carbocycles. The third-order valence-corrected chi connectivity index (χ3v) is 4.34. The van der Waals surface area contributed by atoms with Crippen molar-refractivity contribution in [2.45, 2.75) is 59.1 Å². The summed E-state index contributed by atoms with van der Waals surface area (Å²) < 4.78 is 5.72. The number of amides is 1. The number of nitrogens with one attached hydrogen (secondary N) is 1. The summed E-state index contributed by atoms with van der Waals surface area (Å²) in [5.74, 6) is 0.586. The average molecular weight is 339 g/mol. The van der Waals surface area contributed by atoms with Gasteiger partial charge in [-0.3, -0.25) is 4.79 Å². The summed E-state index contributed by atoms with van der Waals surface area (Å²) in [5.41, 5.74) is 3.66. The molecular weight excluding hydrogens is 310 g/mol. The van der Waals surface area contributed by atoms with Crippen molar-refractivity contribution in [1.29, 1.82) is 0 Å². The van der Waals surface area contributed by atoms with Crippen molar-refractivity contribution in [1.82, 2.24) is 5.32 Å². The molecule has 0 aliphatic heterocycles. The maximum absolute atomic E-state index is 12.4. The summed E-state index contributed by atoms with van der Waals surface area (Å²) in [6.45, 7) is 12.4. The number of hydrogen-bond donors (Lipinski definition) is 1. The van der Waals surface area contributed by atoms with Crippen LogP contribution in [0.25, 0.3) is 0 Å². The van der Waals surface area contributed by atoms with Gasteiger partial charge >= 0.3 is 0 Å². The van der Waals surface area contributed by atoms with Crippen LogP contribution in [0.4, 0.5) is 0 Å². The van der Waals surface area contributed by atoms with Crippen LogP contribution in [0, 0.1) is 6.92 Å². The van der Waals surface area contributed by atoms with Crippen LogP contribution in [0.5, 0.6) is 5.75 Å². The predicted octanol–water partition coefficient (Wildman–Crippen LogP) is 4.94. The number of carbonyl (C=O) groups is 1. The van der Waals surface area contributed by atoms with E-state index in [0.29, 0.717) is 5.75 Å². The first-order valence-electron chi connectivity index (χ1n) is 8.81. The maximum Gasteiger partial charge on any atom is 0.261 e. The second kappa shape index (κ2) is 7.73. The van der Waals surface area contributed by atoms with Gasteiger partial charge in [0.25, 0.3) is 5.91 Å². The minimum Gasteiger partial charge on any atom is -0.481 e. The van der Waals surface area contributed by atoms with Crippen LogP contribution in [0.2, 0.25) is 0 Å². The molecule has 1 N–H and O–H groups in total. The topological polar surface area (TPSA) is 38.3 Å². The third-order valence-electron chi connectivity index (χ3n) is 4.34. The standard InChI is InChI=1S/C22H29NO2/c1-15-7-13-20(14-8-15)25-17(3)21(24)23-16(2)18-9-11-19(12-10-18)22(4,5)6/h7-14,16-17H,1-6H3,(H,23,24). The number of aryl methyl sites for hydroxylation is 1. The molecular formula is C22H29NO2. The number of hydrogen-bond acceptors (Lipinski definition) is 2. The van der Waals surface area contributed by atoms with E-state index in [1.165, 1.54) is 5.56 Å². The Hall–Kier alpha value is -2.29. The smallest absolute Gasteiger partial charge is 0.261 e. The van der Waals surface area contributed by atoms with Crippen molar-refractivity contribution in [2.24, 2.45) is 0 Å². The number of benzene rings is 2. The van der Waals surface area contributed by atoms with Crippen molar-refractivity contribution >= 4 is 5.91 Å². The summed E-state index contributed by atoms with van der Waals surface area (Å²) in [7, 11) is 0. The Morgan fingerprint density at radius 2 is 1.52 bits per heavy atom. The molecule has 0 saturated heterocycles. The van der Waals surface area contributed by atoms with Gasteiger partial charge in [0.2, 0.25) is 0 Å². The molecule has 3 nitrogen and oxygen atoms in total. The fourth-order valence-corrected chi connectivity index (χ4v) is 2.56. The molecule has 2 atom stereocenters. The predicted molar refractivity (Wildman–Crippen MR) is 103 cm³/mol. The second-order valence-corrected chi connectivity index (χ2v) is 7.68. The molecule has 0 aromatic heterocycles. The zero-order valence-electron chi connectivity index (χ0n) is 16.1. The molecule has 25 heavy (non-hydrogen) atoms. The third kappa shape index (κ3) is 5.35. The minimum absolute atomic E-state index is 0.0643. The highest BCUT2D eigenvalue weighted by Crippen LogP contribution is 2.24. The molecule has 3 heteroatoms. The van der Waals surface area contributed by atoms with Crippen LogP contribution in [0.15, 0.2) is 48.5 Å². The van der Waals surface area contributed by atoms with E-state index in [-0.39, 0.29) is 17.4 Å². The fourth-order valence-electron chi connectivity index (χ4n) is 2.56. The molecule has 2 unspecified atom stereocenters. The summed E-state index contributed by atoms with van der Waals surface area (Å²) in [4.78, 5) is 12.4. The van der Waals surface area contributed by atoms with Crippen LogP contribution >= 0.6 is 0 Å². The SMILES string of the molecule is Cc1ccc(OC(C)C(=O)NC(C)c2ccc(C(C)(C)C)cc2)cc1. The van der Waals surface area contributed by atoms with Gasteiger partial charge in [-0.25, -0.2) is 0 Å². The van der Waals surface area contributed by atoms with Crippen molar-refractivity contribution < 1.29 is 9.53 Å². The van der Waals surface area contributed by atoms with E-state index in [2.05, 4.69) is 50.4 Å². The van der Waals surface area contributed by atoms with Crippen molar-refractivity contribution in [2.75, 3.05) is 0 Å². The van der Waals surface area contributed by atoms with Gasteiger partial charge in [0, 0.05) is 0 Å². The first kappa shape index (κ1) is 19.0. The van der Waals surface area contributed by atoms with Gasteiger partial charge in [0.15, 0.2) is 6.10 Å².